The average molecular weight is 356 g/mol. The summed E-state index contributed by atoms with van der Waals surface area (Å²) in [5, 5.41) is 4.28. The first-order valence-corrected chi connectivity index (χ1v) is 9.33. The van der Waals surface area contributed by atoms with Crippen molar-refractivity contribution in [2.75, 3.05) is 13.1 Å². The Morgan fingerprint density at radius 1 is 1.35 bits per heavy atom. The molecule has 2 heterocycles. The van der Waals surface area contributed by atoms with Crippen LogP contribution in [0.1, 0.15) is 42.1 Å². The van der Waals surface area contributed by atoms with Crippen molar-refractivity contribution in [3.05, 3.63) is 34.5 Å². The zero-order valence-corrected chi connectivity index (χ0v) is 15.8. The first-order valence-electron chi connectivity index (χ1n) is 9.33. The van der Waals surface area contributed by atoms with Gasteiger partial charge < -0.3 is 20.9 Å². The maximum atomic E-state index is 12.6. The van der Waals surface area contributed by atoms with E-state index >= 15 is 0 Å². The number of amides is 3. The van der Waals surface area contributed by atoms with Crippen LogP contribution in [0.25, 0.3) is 10.9 Å². The monoisotopic (exact) mass is 356 g/mol. The number of nitrogens with zero attached hydrogens (tertiary/aromatic N) is 1. The third-order valence-electron chi connectivity index (χ3n) is 5.41. The van der Waals surface area contributed by atoms with E-state index in [2.05, 4.69) is 43.2 Å². The van der Waals surface area contributed by atoms with Crippen molar-refractivity contribution in [1.29, 1.82) is 0 Å². The van der Waals surface area contributed by atoms with Crippen molar-refractivity contribution < 1.29 is 9.59 Å². The number of primary amides is 1. The van der Waals surface area contributed by atoms with Crippen molar-refractivity contribution in [1.82, 2.24) is 15.2 Å². The van der Waals surface area contributed by atoms with E-state index in [0.29, 0.717) is 19.6 Å². The lowest BCUT2D eigenvalue weighted by molar-refractivity contribution is -0.126. The lowest BCUT2D eigenvalue weighted by atomic mass is 9.97. The van der Waals surface area contributed by atoms with Crippen LogP contribution in [-0.4, -0.2) is 34.9 Å². The van der Waals surface area contributed by atoms with Gasteiger partial charge in [-0.2, -0.15) is 0 Å². The number of hydrogen-bond donors (Lipinski definition) is 3. The summed E-state index contributed by atoms with van der Waals surface area (Å²) in [4.78, 5) is 29.0. The molecule has 3 amide bonds. The van der Waals surface area contributed by atoms with Gasteiger partial charge in [0.2, 0.25) is 5.91 Å². The second-order valence-electron chi connectivity index (χ2n) is 7.27. The molecule has 1 aliphatic heterocycles. The molecule has 6 heteroatoms. The van der Waals surface area contributed by atoms with Gasteiger partial charge in [-0.15, -0.1) is 0 Å². The number of fused-ring (bicyclic) bond motifs is 1. The van der Waals surface area contributed by atoms with Crippen molar-refractivity contribution in [2.24, 2.45) is 11.7 Å². The van der Waals surface area contributed by atoms with Gasteiger partial charge in [-0.1, -0.05) is 18.6 Å². The maximum absolute atomic E-state index is 12.6. The Balaban J connectivity index is 1.75. The molecule has 6 nitrogen and oxygen atoms in total. The largest absolute Gasteiger partial charge is 0.358 e. The molecule has 0 aliphatic carbocycles. The van der Waals surface area contributed by atoms with E-state index < -0.39 is 6.03 Å². The fourth-order valence-corrected chi connectivity index (χ4v) is 3.92. The molecule has 4 N–H and O–H groups in total. The molecule has 0 radical (unpaired) electrons. The van der Waals surface area contributed by atoms with E-state index in [-0.39, 0.29) is 11.8 Å². The highest BCUT2D eigenvalue weighted by Crippen LogP contribution is 2.27. The van der Waals surface area contributed by atoms with E-state index in [1.165, 1.54) is 22.2 Å². The predicted octanol–water partition coefficient (Wildman–Crippen LogP) is 2.75. The van der Waals surface area contributed by atoms with Crippen LogP contribution in [0.4, 0.5) is 4.79 Å². The molecule has 1 aliphatic rings. The third-order valence-corrected chi connectivity index (χ3v) is 5.41. The van der Waals surface area contributed by atoms with Crippen molar-refractivity contribution >= 4 is 22.8 Å². The number of nitrogens with one attached hydrogen (secondary N) is 2. The number of aryl methyl sites for hydroxylation is 3. The molecule has 1 saturated heterocycles. The molecule has 0 saturated carbocycles. The summed E-state index contributed by atoms with van der Waals surface area (Å²) < 4.78 is 0. The molecular formula is C20H28N4O2. The first kappa shape index (κ1) is 18.3. The number of carbonyl (C=O) groups is 2. The molecule has 1 unspecified atom stereocenters. The van der Waals surface area contributed by atoms with Crippen LogP contribution in [0.2, 0.25) is 0 Å². The number of aromatic amines is 1. The summed E-state index contributed by atoms with van der Waals surface area (Å²) in [5.41, 5.74) is 11.3. The fraction of sp³-hybridized carbons (Fsp3) is 0.500. The van der Waals surface area contributed by atoms with Gasteiger partial charge in [0, 0.05) is 30.7 Å². The molecule has 1 aromatic carbocycles. The summed E-state index contributed by atoms with van der Waals surface area (Å²) in [6, 6.07) is 3.86. The quantitative estimate of drug-likeness (QED) is 0.786. The minimum atomic E-state index is -0.447. The van der Waals surface area contributed by atoms with Gasteiger partial charge in [-0.25, -0.2) is 4.79 Å². The summed E-state index contributed by atoms with van der Waals surface area (Å²) in [7, 11) is 0. The van der Waals surface area contributed by atoms with Crippen LogP contribution < -0.4 is 11.1 Å². The molecule has 3 rings (SSSR count). The standard InChI is InChI=1S/C20H28N4O2/c1-4-17-13(3)16-9-12(2)8-15(18(16)23-17)10-22-19(25)14-6-5-7-24(11-14)20(21)26/h8-9,14,23H,4-7,10-11H2,1-3H3,(H2,21,26)(H,22,25). The smallest absolute Gasteiger partial charge is 0.314 e. The Labute approximate surface area is 154 Å². The second-order valence-corrected chi connectivity index (χ2v) is 7.27. The number of rotatable bonds is 4. The molecule has 140 valence electrons. The van der Waals surface area contributed by atoms with E-state index in [9.17, 15) is 9.59 Å². The summed E-state index contributed by atoms with van der Waals surface area (Å²) in [6.45, 7) is 7.88. The number of hydrogen-bond acceptors (Lipinski definition) is 2. The summed E-state index contributed by atoms with van der Waals surface area (Å²) in [5.74, 6) is -0.197. The molecule has 2 aromatic rings. The molecule has 1 atom stereocenters. The number of aromatic nitrogens is 1. The number of piperidine rings is 1. The van der Waals surface area contributed by atoms with Crippen LogP contribution in [-0.2, 0) is 17.8 Å². The lowest BCUT2D eigenvalue weighted by Gasteiger charge is -2.30. The second kappa shape index (κ2) is 7.40. The minimum Gasteiger partial charge on any atom is -0.358 e. The van der Waals surface area contributed by atoms with Crippen molar-refractivity contribution in [2.45, 2.75) is 46.6 Å². The van der Waals surface area contributed by atoms with Crippen LogP contribution in [0.5, 0.6) is 0 Å². The zero-order valence-electron chi connectivity index (χ0n) is 15.8. The summed E-state index contributed by atoms with van der Waals surface area (Å²) in [6.07, 6.45) is 2.56. The molecule has 1 fully saturated rings. The van der Waals surface area contributed by atoms with Gasteiger partial charge in [0.05, 0.1) is 11.4 Å². The molecule has 0 spiro atoms. The molecule has 0 bridgehead atoms. The average Bonchev–Trinajstić information content (AvgIpc) is 2.95. The number of urea groups is 1. The highest BCUT2D eigenvalue weighted by Gasteiger charge is 2.27. The summed E-state index contributed by atoms with van der Waals surface area (Å²) >= 11 is 0. The van der Waals surface area contributed by atoms with Gasteiger partial charge in [0.25, 0.3) is 0 Å². The van der Waals surface area contributed by atoms with E-state index in [1.807, 2.05) is 0 Å². The highest BCUT2D eigenvalue weighted by molar-refractivity contribution is 5.88. The van der Waals surface area contributed by atoms with Crippen LogP contribution in [0, 0.1) is 19.8 Å². The topological polar surface area (TPSA) is 91.2 Å². The highest BCUT2D eigenvalue weighted by atomic mass is 16.2. The van der Waals surface area contributed by atoms with E-state index in [4.69, 9.17) is 5.73 Å². The first-order chi connectivity index (χ1) is 12.4. The SMILES string of the molecule is CCc1[nH]c2c(CNC(=O)C3CCCN(C(N)=O)C3)cc(C)cc2c1C. The Kier molecular flexibility index (Phi) is 5.20. The molecular weight excluding hydrogens is 328 g/mol. The minimum absolute atomic E-state index is 0.00963. The third kappa shape index (κ3) is 3.54. The van der Waals surface area contributed by atoms with E-state index in [1.54, 1.807) is 4.90 Å². The van der Waals surface area contributed by atoms with Crippen molar-refractivity contribution in [3.63, 3.8) is 0 Å². The number of likely N-dealkylation sites (tertiary alicyclic amines) is 1. The van der Waals surface area contributed by atoms with Gasteiger partial charge in [-0.05, 0) is 50.3 Å². The lowest BCUT2D eigenvalue weighted by Crippen LogP contribution is -2.47. The molecule has 26 heavy (non-hydrogen) atoms. The number of benzene rings is 1. The van der Waals surface area contributed by atoms with Gasteiger partial charge in [-0.3, -0.25) is 4.79 Å². The predicted molar refractivity (Wildman–Crippen MR) is 103 cm³/mol. The van der Waals surface area contributed by atoms with Crippen LogP contribution in [0.3, 0.4) is 0 Å². The number of nitrogens with two attached hydrogens (primary N) is 1. The Bertz CT molecular complexity index is 840. The number of carbonyl (C=O) groups excluding carboxylic acids is 2. The van der Waals surface area contributed by atoms with Crippen LogP contribution >= 0.6 is 0 Å². The Morgan fingerprint density at radius 3 is 2.81 bits per heavy atom. The van der Waals surface area contributed by atoms with Gasteiger partial charge >= 0.3 is 6.03 Å². The van der Waals surface area contributed by atoms with Gasteiger partial charge in [0.15, 0.2) is 0 Å². The maximum Gasteiger partial charge on any atom is 0.314 e. The van der Waals surface area contributed by atoms with E-state index in [0.717, 1.165) is 30.3 Å². The normalized spacial score (nSPS) is 17.5. The molecule has 1 aromatic heterocycles. The number of H-pyrrole nitrogens is 1. The van der Waals surface area contributed by atoms with Crippen molar-refractivity contribution in [3.8, 4) is 0 Å². The zero-order chi connectivity index (χ0) is 18.8. The fourth-order valence-electron chi connectivity index (χ4n) is 3.92. The van der Waals surface area contributed by atoms with Crippen LogP contribution in [0.15, 0.2) is 12.1 Å². The Morgan fingerprint density at radius 2 is 2.12 bits per heavy atom. The Hall–Kier alpha value is -2.50. The van der Waals surface area contributed by atoms with Gasteiger partial charge in [0.1, 0.15) is 0 Å².